The number of carbonyl (C=O) groups excluding carboxylic acids is 4. The van der Waals surface area contributed by atoms with E-state index in [0.29, 0.717) is 0 Å². The molecule has 1 heterocycles. The molecule has 1 aromatic carbocycles. The summed E-state index contributed by atoms with van der Waals surface area (Å²) in [6.07, 6.45) is 3.51. The van der Waals surface area contributed by atoms with E-state index in [1.165, 1.54) is 9.80 Å². The normalized spacial score (nSPS) is 20.9. The van der Waals surface area contributed by atoms with E-state index in [4.69, 9.17) is 0 Å². The molecule has 0 unspecified atom stereocenters. The maximum Gasteiger partial charge on any atom is 0.243 e. The fraction of sp³-hybridized carbons (Fsp3) is 0.565. The highest BCUT2D eigenvalue weighted by Gasteiger charge is 2.47. The van der Waals surface area contributed by atoms with E-state index in [1.54, 1.807) is 7.05 Å². The van der Waals surface area contributed by atoms with E-state index in [9.17, 15) is 19.2 Å². The number of nitrogens with zero attached hydrogens (tertiary/aromatic N) is 2. The molecule has 7 nitrogen and oxygen atoms in total. The summed E-state index contributed by atoms with van der Waals surface area (Å²) < 4.78 is 0. The van der Waals surface area contributed by atoms with E-state index < -0.39 is 0 Å². The monoisotopic (exact) mass is 413 g/mol. The summed E-state index contributed by atoms with van der Waals surface area (Å²) in [5.41, 5.74) is 3.84. The van der Waals surface area contributed by atoms with Crippen molar-refractivity contribution in [1.29, 1.82) is 0 Å². The lowest BCUT2D eigenvalue weighted by Gasteiger charge is -2.20. The standard InChI is InChI=1S/C23H31N3O4/c1-14-11-15(2)21(16(3)12-14)24-19(27)13-25(4)20(28)9-10-26-22(29)17-7-5-6-8-18(17)23(26)30/h11-12,17-18H,5-10,13H2,1-4H3,(H,24,27)/t17-,18-/m0/s1. The van der Waals surface area contributed by atoms with Crippen molar-refractivity contribution in [2.75, 3.05) is 25.5 Å². The number of imide groups is 1. The van der Waals surface area contributed by atoms with Crippen LogP contribution in [0.25, 0.3) is 0 Å². The number of hydrogen-bond acceptors (Lipinski definition) is 4. The van der Waals surface area contributed by atoms with Gasteiger partial charge in [-0.15, -0.1) is 0 Å². The van der Waals surface area contributed by atoms with Gasteiger partial charge in [-0.2, -0.15) is 0 Å². The van der Waals surface area contributed by atoms with E-state index in [2.05, 4.69) is 5.32 Å². The molecule has 0 bridgehead atoms. The predicted octanol–water partition coefficient (Wildman–Crippen LogP) is 2.57. The van der Waals surface area contributed by atoms with Gasteiger partial charge in [0.25, 0.3) is 0 Å². The molecule has 162 valence electrons. The summed E-state index contributed by atoms with van der Waals surface area (Å²) in [5.74, 6) is -1.22. The lowest BCUT2D eigenvalue weighted by atomic mass is 9.81. The number of likely N-dealkylation sites (N-methyl/N-ethyl adjacent to an activating group) is 1. The van der Waals surface area contributed by atoms with Crippen molar-refractivity contribution in [3.63, 3.8) is 0 Å². The van der Waals surface area contributed by atoms with Crippen LogP contribution in [0.4, 0.5) is 5.69 Å². The zero-order valence-corrected chi connectivity index (χ0v) is 18.3. The molecule has 2 fully saturated rings. The number of anilines is 1. The van der Waals surface area contributed by atoms with Gasteiger partial charge in [-0.05, 0) is 44.7 Å². The van der Waals surface area contributed by atoms with Gasteiger partial charge >= 0.3 is 0 Å². The second-order valence-corrected chi connectivity index (χ2v) is 8.65. The van der Waals surface area contributed by atoms with Crippen molar-refractivity contribution in [3.8, 4) is 0 Å². The van der Waals surface area contributed by atoms with E-state index in [1.807, 2.05) is 32.9 Å². The van der Waals surface area contributed by atoms with Gasteiger partial charge in [0.2, 0.25) is 23.6 Å². The van der Waals surface area contributed by atoms with Gasteiger partial charge in [0.05, 0.1) is 18.4 Å². The van der Waals surface area contributed by atoms with Crippen LogP contribution in [-0.4, -0.2) is 53.6 Å². The van der Waals surface area contributed by atoms with Crippen LogP contribution in [0, 0.1) is 32.6 Å². The Morgan fingerprint density at radius 1 is 1.03 bits per heavy atom. The van der Waals surface area contributed by atoms with Gasteiger partial charge in [-0.25, -0.2) is 0 Å². The zero-order chi connectivity index (χ0) is 22.0. The molecule has 0 spiro atoms. The Labute approximate surface area is 177 Å². The Hall–Kier alpha value is -2.70. The molecule has 7 heteroatoms. The minimum absolute atomic E-state index is 0.0310. The summed E-state index contributed by atoms with van der Waals surface area (Å²) in [7, 11) is 1.56. The summed E-state index contributed by atoms with van der Waals surface area (Å²) >= 11 is 0. The third kappa shape index (κ3) is 4.55. The highest BCUT2D eigenvalue weighted by molar-refractivity contribution is 6.05. The van der Waals surface area contributed by atoms with Crippen LogP contribution in [0.3, 0.4) is 0 Å². The first-order valence-electron chi connectivity index (χ1n) is 10.7. The zero-order valence-electron chi connectivity index (χ0n) is 18.3. The molecule has 0 radical (unpaired) electrons. The third-order valence-electron chi connectivity index (χ3n) is 6.23. The number of benzene rings is 1. The molecular formula is C23H31N3O4. The molecule has 1 aliphatic heterocycles. The molecule has 2 aliphatic rings. The summed E-state index contributed by atoms with van der Waals surface area (Å²) in [6, 6.07) is 4.00. The maximum atomic E-state index is 12.5. The van der Waals surface area contributed by atoms with Gasteiger partial charge in [-0.3, -0.25) is 24.1 Å². The van der Waals surface area contributed by atoms with Crippen molar-refractivity contribution in [2.24, 2.45) is 11.8 Å². The lowest BCUT2D eigenvalue weighted by Crippen LogP contribution is -2.38. The molecule has 1 saturated heterocycles. The highest BCUT2D eigenvalue weighted by Crippen LogP contribution is 2.38. The Kier molecular flexibility index (Phi) is 6.58. The van der Waals surface area contributed by atoms with Crippen LogP contribution in [0.1, 0.15) is 48.8 Å². The molecule has 30 heavy (non-hydrogen) atoms. The van der Waals surface area contributed by atoms with Gasteiger partial charge in [0.15, 0.2) is 0 Å². The second-order valence-electron chi connectivity index (χ2n) is 8.65. The number of hydrogen-bond donors (Lipinski definition) is 1. The van der Waals surface area contributed by atoms with Crippen molar-refractivity contribution >= 4 is 29.3 Å². The van der Waals surface area contributed by atoms with Crippen LogP contribution < -0.4 is 5.32 Å². The fourth-order valence-corrected chi connectivity index (χ4v) is 4.71. The van der Waals surface area contributed by atoms with Crippen LogP contribution in [0.15, 0.2) is 12.1 Å². The Morgan fingerprint density at radius 3 is 2.10 bits per heavy atom. The average molecular weight is 414 g/mol. The predicted molar refractivity (Wildman–Crippen MR) is 114 cm³/mol. The van der Waals surface area contributed by atoms with Gasteiger partial charge < -0.3 is 10.2 Å². The molecule has 2 atom stereocenters. The number of rotatable bonds is 6. The number of nitrogens with one attached hydrogen (secondary N) is 1. The van der Waals surface area contributed by atoms with Gasteiger partial charge in [0, 0.05) is 25.7 Å². The number of amides is 4. The highest BCUT2D eigenvalue weighted by atomic mass is 16.2. The van der Waals surface area contributed by atoms with Gasteiger partial charge in [-0.1, -0.05) is 30.5 Å². The van der Waals surface area contributed by atoms with E-state index in [0.717, 1.165) is 48.1 Å². The van der Waals surface area contributed by atoms with E-state index in [-0.39, 0.29) is 55.0 Å². The summed E-state index contributed by atoms with van der Waals surface area (Å²) in [6.45, 7) is 5.88. The Bertz CT molecular complexity index is 832. The Balaban J connectivity index is 1.52. The minimum atomic E-state index is -0.278. The SMILES string of the molecule is Cc1cc(C)c(NC(=O)CN(C)C(=O)CCN2C(=O)[C@H]3CCCC[C@@H]3C2=O)c(C)c1. The maximum absolute atomic E-state index is 12.5. The van der Waals surface area contributed by atoms with Gasteiger partial charge in [0.1, 0.15) is 0 Å². The first kappa shape index (κ1) is 22.0. The first-order chi connectivity index (χ1) is 14.2. The molecular weight excluding hydrogens is 382 g/mol. The molecule has 1 N–H and O–H groups in total. The quantitative estimate of drug-likeness (QED) is 0.726. The third-order valence-corrected chi connectivity index (χ3v) is 6.23. The molecule has 1 saturated carbocycles. The first-order valence-corrected chi connectivity index (χ1v) is 10.7. The minimum Gasteiger partial charge on any atom is -0.336 e. The molecule has 4 amide bonds. The average Bonchev–Trinajstić information content (AvgIpc) is 2.93. The number of likely N-dealkylation sites (tertiary alicyclic amines) is 1. The van der Waals surface area contributed by atoms with Crippen molar-refractivity contribution in [2.45, 2.75) is 52.9 Å². The van der Waals surface area contributed by atoms with E-state index >= 15 is 0 Å². The molecule has 1 aliphatic carbocycles. The van der Waals surface area contributed by atoms with Crippen molar-refractivity contribution < 1.29 is 19.2 Å². The topological polar surface area (TPSA) is 86.8 Å². The smallest absolute Gasteiger partial charge is 0.243 e. The largest absolute Gasteiger partial charge is 0.336 e. The summed E-state index contributed by atoms with van der Waals surface area (Å²) in [5, 5.41) is 2.89. The summed E-state index contributed by atoms with van der Waals surface area (Å²) in [4.78, 5) is 52.5. The van der Waals surface area contributed by atoms with Crippen molar-refractivity contribution in [3.05, 3.63) is 28.8 Å². The molecule has 1 aromatic rings. The van der Waals surface area contributed by atoms with Crippen LogP contribution in [0.2, 0.25) is 0 Å². The Morgan fingerprint density at radius 2 is 1.57 bits per heavy atom. The number of fused-ring (bicyclic) bond motifs is 1. The molecule has 3 rings (SSSR count). The number of carbonyl (C=O) groups is 4. The molecule has 0 aromatic heterocycles. The van der Waals surface area contributed by atoms with Crippen molar-refractivity contribution in [1.82, 2.24) is 9.80 Å². The fourth-order valence-electron chi connectivity index (χ4n) is 4.71. The van der Waals surface area contributed by atoms with Crippen LogP contribution in [0.5, 0.6) is 0 Å². The number of aryl methyl sites for hydroxylation is 3. The van der Waals surface area contributed by atoms with Crippen LogP contribution >= 0.6 is 0 Å². The van der Waals surface area contributed by atoms with Crippen LogP contribution in [-0.2, 0) is 19.2 Å². The second kappa shape index (κ2) is 8.98. The lowest BCUT2D eigenvalue weighted by molar-refractivity contribution is -0.141.